The summed E-state index contributed by atoms with van der Waals surface area (Å²) in [4.78, 5) is 23.8. The molecule has 3 aromatic carbocycles. The smallest absolute Gasteiger partial charge is 0.269 e. The van der Waals surface area contributed by atoms with Crippen molar-refractivity contribution >= 4 is 23.0 Å². The molecule has 0 saturated carbocycles. The van der Waals surface area contributed by atoms with Crippen LogP contribution in [0.2, 0.25) is 0 Å². The first-order chi connectivity index (χ1) is 16.7. The summed E-state index contributed by atoms with van der Waals surface area (Å²) in [5.74, 6) is 0.293. The highest BCUT2D eigenvalue weighted by Crippen LogP contribution is 2.50. The molecule has 0 bridgehead atoms. The third kappa shape index (κ3) is 4.44. The number of non-ortho nitro benzene ring substituents is 1. The molecule has 3 aromatic rings. The fourth-order valence-corrected chi connectivity index (χ4v) is 5.16. The SMILES string of the molecule is CC(C)(C)c1ccc(C(=O)Nc2ccc3c(c2)C2C=CCC2C(c2cccc([N+](=O)[O-])c2)N3)cc1. The number of nitrogens with one attached hydrogen (secondary N) is 2. The van der Waals surface area contributed by atoms with E-state index in [0.717, 1.165) is 28.9 Å². The molecule has 1 heterocycles. The maximum Gasteiger partial charge on any atom is 0.269 e. The van der Waals surface area contributed by atoms with Crippen molar-refractivity contribution in [3.63, 3.8) is 0 Å². The van der Waals surface area contributed by atoms with Crippen molar-refractivity contribution < 1.29 is 9.72 Å². The van der Waals surface area contributed by atoms with Gasteiger partial charge in [0.1, 0.15) is 0 Å². The lowest BCUT2D eigenvalue weighted by atomic mass is 9.77. The van der Waals surface area contributed by atoms with E-state index in [1.165, 1.54) is 11.6 Å². The van der Waals surface area contributed by atoms with E-state index in [2.05, 4.69) is 43.6 Å². The summed E-state index contributed by atoms with van der Waals surface area (Å²) >= 11 is 0. The molecule has 6 nitrogen and oxygen atoms in total. The minimum Gasteiger partial charge on any atom is -0.378 e. The molecule has 2 N–H and O–H groups in total. The van der Waals surface area contributed by atoms with E-state index >= 15 is 0 Å². The zero-order valence-electron chi connectivity index (χ0n) is 20.1. The summed E-state index contributed by atoms with van der Waals surface area (Å²) in [6.07, 6.45) is 5.28. The lowest BCUT2D eigenvalue weighted by molar-refractivity contribution is -0.384. The highest BCUT2D eigenvalue weighted by Gasteiger charge is 2.38. The first-order valence-electron chi connectivity index (χ1n) is 11.9. The van der Waals surface area contributed by atoms with Crippen molar-refractivity contribution in [2.45, 2.75) is 44.6 Å². The maximum atomic E-state index is 12.9. The van der Waals surface area contributed by atoms with Gasteiger partial charge in [0.15, 0.2) is 0 Å². The molecule has 0 saturated heterocycles. The van der Waals surface area contributed by atoms with Crippen LogP contribution in [-0.2, 0) is 5.41 Å². The van der Waals surface area contributed by atoms with Gasteiger partial charge in [0.2, 0.25) is 0 Å². The zero-order chi connectivity index (χ0) is 24.7. The summed E-state index contributed by atoms with van der Waals surface area (Å²) in [7, 11) is 0. The molecule has 0 radical (unpaired) electrons. The standard InChI is InChI=1S/C29H29N3O3/c1-29(2,3)20-12-10-18(11-13-20)28(33)30-21-14-15-26-25(17-21)23-8-5-9-24(23)27(31-26)19-6-4-7-22(16-19)32(34)35/h4-8,10-17,23-24,27,31H,9H2,1-3H3,(H,30,33). The average Bonchev–Trinajstić information content (AvgIpc) is 3.33. The average molecular weight is 468 g/mol. The Labute approximate surface area is 205 Å². The number of nitro groups is 1. The number of hydrogen-bond donors (Lipinski definition) is 2. The minimum absolute atomic E-state index is 0.0239. The number of anilines is 2. The van der Waals surface area contributed by atoms with Gasteiger partial charge in [-0.25, -0.2) is 0 Å². The van der Waals surface area contributed by atoms with Crippen LogP contribution in [0.15, 0.2) is 78.9 Å². The van der Waals surface area contributed by atoms with Crippen molar-refractivity contribution in [1.82, 2.24) is 0 Å². The van der Waals surface area contributed by atoms with E-state index in [1.54, 1.807) is 12.1 Å². The van der Waals surface area contributed by atoms with Gasteiger partial charge in [0.25, 0.3) is 11.6 Å². The largest absolute Gasteiger partial charge is 0.378 e. The summed E-state index contributed by atoms with van der Waals surface area (Å²) < 4.78 is 0. The van der Waals surface area contributed by atoms with E-state index in [4.69, 9.17) is 0 Å². The van der Waals surface area contributed by atoms with Crippen LogP contribution in [0.1, 0.15) is 66.2 Å². The fraction of sp³-hybridized carbons (Fsp3) is 0.276. The summed E-state index contributed by atoms with van der Waals surface area (Å²) in [6.45, 7) is 6.45. The number of carbonyl (C=O) groups is 1. The molecule has 6 heteroatoms. The van der Waals surface area contributed by atoms with Crippen molar-refractivity contribution in [3.05, 3.63) is 111 Å². The van der Waals surface area contributed by atoms with E-state index < -0.39 is 0 Å². The predicted molar refractivity (Wildman–Crippen MR) is 139 cm³/mol. The Hall–Kier alpha value is -3.93. The maximum absolute atomic E-state index is 12.9. The number of allylic oxidation sites excluding steroid dienone is 2. The predicted octanol–water partition coefficient (Wildman–Crippen LogP) is 6.97. The normalized spacial score (nSPS) is 20.5. The monoisotopic (exact) mass is 467 g/mol. The van der Waals surface area contributed by atoms with E-state index in [1.807, 2.05) is 48.5 Å². The first kappa shape index (κ1) is 22.8. The van der Waals surface area contributed by atoms with Crippen LogP contribution in [-0.4, -0.2) is 10.8 Å². The molecule has 35 heavy (non-hydrogen) atoms. The number of hydrogen-bond acceptors (Lipinski definition) is 4. The molecule has 5 rings (SSSR count). The van der Waals surface area contributed by atoms with Gasteiger partial charge < -0.3 is 10.6 Å². The summed E-state index contributed by atoms with van der Waals surface area (Å²) in [6, 6.07) is 20.5. The van der Waals surface area contributed by atoms with Crippen LogP contribution < -0.4 is 10.6 Å². The molecule has 0 spiro atoms. The Kier molecular flexibility index (Phi) is 5.67. The van der Waals surface area contributed by atoms with Crippen molar-refractivity contribution in [2.24, 2.45) is 5.92 Å². The molecule has 178 valence electrons. The van der Waals surface area contributed by atoms with Crippen LogP contribution in [0.3, 0.4) is 0 Å². The molecular formula is C29H29N3O3. The highest BCUT2D eigenvalue weighted by molar-refractivity contribution is 6.04. The van der Waals surface area contributed by atoms with Crippen molar-refractivity contribution in [3.8, 4) is 0 Å². The Morgan fingerprint density at radius 3 is 2.54 bits per heavy atom. The second-order valence-corrected chi connectivity index (χ2v) is 10.4. The van der Waals surface area contributed by atoms with Gasteiger partial charge in [0.05, 0.1) is 11.0 Å². The molecule has 0 aromatic heterocycles. The Morgan fingerprint density at radius 2 is 1.83 bits per heavy atom. The third-order valence-electron chi connectivity index (χ3n) is 7.07. The molecule has 2 aliphatic rings. The summed E-state index contributed by atoms with van der Waals surface area (Å²) in [5, 5.41) is 17.9. The second kappa shape index (κ2) is 8.69. The number of amides is 1. The lowest BCUT2D eigenvalue weighted by Gasteiger charge is -2.37. The van der Waals surface area contributed by atoms with Crippen LogP contribution >= 0.6 is 0 Å². The van der Waals surface area contributed by atoms with Gasteiger partial charge in [-0.2, -0.15) is 0 Å². The topological polar surface area (TPSA) is 84.3 Å². The Balaban J connectivity index is 1.39. The molecule has 0 fully saturated rings. The fourth-order valence-electron chi connectivity index (χ4n) is 5.16. The van der Waals surface area contributed by atoms with Crippen LogP contribution in [0, 0.1) is 16.0 Å². The molecule has 1 aliphatic carbocycles. The first-order valence-corrected chi connectivity index (χ1v) is 11.9. The molecule has 3 unspecified atom stereocenters. The number of benzene rings is 3. The number of fused-ring (bicyclic) bond motifs is 3. The number of nitrogens with zero attached hydrogens (tertiary/aromatic N) is 1. The highest BCUT2D eigenvalue weighted by atomic mass is 16.6. The number of carbonyl (C=O) groups excluding carboxylic acids is 1. The lowest BCUT2D eigenvalue weighted by Crippen LogP contribution is -2.29. The van der Waals surface area contributed by atoms with Gasteiger partial charge in [-0.05, 0) is 64.8 Å². The third-order valence-corrected chi connectivity index (χ3v) is 7.07. The second-order valence-electron chi connectivity index (χ2n) is 10.4. The van der Waals surface area contributed by atoms with E-state index in [9.17, 15) is 14.9 Å². The van der Waals surface area contributed by atoms with Gasteiger partial charge in [0, 0.05) is 35.0 Å². The number of rotatable bonds is 4. The molecular weight excluding hydrogens is 438 g/mol. The van der Waals surface area contributed by atoms with Crippen molar-refractivity contribution in [1.29, 1.82) is 0 Å². The quantitative estimate of drug-likeness (QED) is 0.246. The Morgan fingerprint density at radius 1 is 1.06 bits per heavy atom. The molecule has 3 atom stereocenters. The van der Waals surface area contributed by atoms with Gasteiger partial charge in [-0.3, -0.25) is 14.9 Å². The Bertz CT molecular complexity index is 1320. The molecule has 1 aliphatic heterocycles. The van der Waals surface area contributed by atoms with Crippen LogP contribution in [0.5, 0.6) is 0 Å². The van der Waals surface area contributed by atoms with Crippen LogP contribution in [0.25, 0.3) is 0 Å². The van der Waals surface area contributed by atoms with E-state index in [-0.39, 0.29) is 39.8 Å². The minimum atomic E-state index is -0.351. The van der Waals surface area contributed by atoms with Gasteiger partial charge in [-0.15, -0.1) is 0 Å². The van der Waals surface area contributed by atoms with Crippen molar-refractivity contribution in [2.75, 3.05) is 10.6 Å². The van der Waals surface area contributed by atoms with Crippen LogP contribution in [0.4, 0.5) is 17.1 Å². The van der Waals surface area contributed by atoms with Gasteiger partial charge >= 0.3 is 0 Å². The zero-order valence-corrected chi connectivity index (χ0v) is 20.1. The van der Waals surface area contributed by atoms with E-state index in [0.29, 0.717) is 5.56 Å². The van der Waals surface area contributed by atoms with Gasteiger partial charge in [-0.1, -0.05) is 57.2 Å². The summed E-state index contributed by atoms with van der Waals surface area (Å²) in [5.41, 5.74) is 5.74. The number of nitro benzene ring substituents is 1. The molecule has 1 amide bonds.